The zero-order valence-corrected chi connectivity index (χ0v) is 12.5. The molecule has 1 aliphatic heterocycles. The van der Waals surface area contributed by atoms with E-state index < -0.39 is 23.8 Å². The summed E-state index contributed by atoms with van der Waals surface area (Å²) in [6, 6.07) is 4.25. The van der Waals surface area contributed by atoms with Crippen molar-refractivity contribution in [3.63, 3.8) is 0 Å². The minimum atomic E-state index is -0.864. The van der Waals surface area contributed by atoms with Crippen LogP contribution in [0.5, 0.6) is 0 Å². The number of hydroxylamine groups is 2. The minimum absolute atomic E-state index is 0.0199. The van der Waals surface area contributed by atoms with Gasteiger partial charge in [0.2, 0.25) is 0 Å². The average Bonchev–Trinajstić information content (AvgIpc) is 2.85. The number of hydrogen-bond acceptors (Lipinski definition) is 7. The number of carbonyl (C=O) groups is 4. The maximum atomic E-state index is 12.0. The van der Waals surface area contributed by atoms with E-state index in [-0.39, 0.29) is 31.4 Å². The standard InChI is InChI=1S/C15H16N2O6/c1-2-14(20)22-8-10-7-9(3-4-11(10)16)15(21)23-17-12(18)5-6-13(17)19/h3-4,7H,2,5-6,8,16H2,1H3. The van der Waals surface area contributed by atoms with Crippen molar-refractivity contribution in [1.82, 2.24) is 5.06 Å². The van der Waals surface area contributed by atoms with Crippen molar-refractivity contribution in [3.05, 3.63) is 29.3 Å². The lowest BCUT2D eigenvalue weighted by Crippen LogP contribution is -2.32. The number of esters is 1. The van der Waals surface area contributed by atoms with Crippen LogP contribution in [-0.2, 0) is 30.6 Å². The molecule has 1 aliphatic rings. The van der Waals surface area contributed by atoms with E-state index in [0.717, 1.165) is 0 Å². The van der Waals surface area contributed by atoms with E-state index in [1.165, 1.54) is 18.2 Å². The number of benzene rings is 1. The first-order chi connectivity index (χ1) is 10.9. The number of ether oxygens (including phenoxy) is 1. The number of rotatable bonds is 5. The van der Waals surface area contributed by atoms with Gasteiger partial charge in [0.15, 0.2) is 0 Å². The van der Waals surface area contributed by atoms with Crippen LogP contribution < -0.4 is 5.73 Å². The van der Waals surface area contributed by atoms with E-state index in [4.69, 9.17) is 15.3 Å². The summed E-state index contributed by atoms with van der Waals surface area (Å²) in [6.07, 6.45) is 0.263. The van der Waals surface area contributed by atoms with E-state index in [9.17, 15) is 19.2 Å². The van der Waals surface area contributed by atoms with Crippen LogP contribution in [0.3, 0.4) is 0 Å². The smallest absolute Gasteiger partial charge is 0.363 e. The zero-order valence-electron chi connectivity index (χ0n) is 12.5. The third kappa shape index (κ3) is 3.85. The summed E-state index contributed by atoms with van der Waals surface area (Å²) in [5, 5.41) is 0.468. The molecule has 0 radical (unpaired) electrons. The van der Waals surface area contributed by atoms with Gasteiger partial charge in [0, 0.05) is 30.5 Å². The number of carbonyl (C=O) groups excluding carboxylic acids is 4. The van der Waals surface area contributed by atoms with E-state index in [1.807, 2.05) is 0 Å². The summed E-state index contributed by atoms with van der Waals surface area (Å²) < 4.78 is 4.97. The molecule has 1 heterocycles. The second kappa shape index (κ2) is 6.91. The first-order valence-corrected chi connectivity index (χ1v) is 7.04. The van der Waals surface area contributed by atoms with Gasteiger partial charge in [-0.2, -0.15) is 0 Å². The summed E-state index contributed by atoms with van der Waals surface area (Å²) >= 11 is 0. The summed E-state index contributed by atoms with van der Waals surface area (Å²) in [6.45, 7) is 1.57. The molecule has 2 amide bonds. The number of anilines is 1. The Morgan fingerprint density at radius 1 is 1.22 bits per heavy atom. The molecule has 0 atom stereocenters. The van der Waals surface area contributed by atoms with E-state index in [1.54, 1.807) is 6.92 Å². The van der Waals surface area contributed by atoms with Crippen LogP contribution in [0.1, 0.15) is 42.1 Å². The Hall–Kier alpha value is -2.90. The van der Waals surface area contributed by atoms with Gasteiger partial charge in [0.1, 0.15) is 6.61 Å². The molecule has 0 aliphatic carbocycles. The van der Waals surface area contributed by atoms with Gasteiger partial charge in [-0.1, -0.05) is 6.92 Å². The van der Waals surface area contributed by atoms with Crippen molar-refractivity contribution >= 4 is 29.4 Å². The SMILES string of the molecule is CCC(=O)OCc1cc(C(=O)ON2C(=O)CCC2=O)ccc1N. The van der Waals surface area contributed by atoms with E-state index in [2.05, 4.69) is 0 Å². The first kappa shape index (κ1) is 16.5. The highest BCUT2D eigenvalue weighted by Crippen LogP contribution is 2.18. The molecule has 1 saturated heterocycles. The van der Waals surface area contributed by atoms with Crippen molar-refractivity contribution in [1.29, 1.82) is 0 Å². The van der Waals surface area contributed by atoms with Crippen LogP contribution in [-0.4, -0.2) is 28.8 Å². The molecule has 23 heavy (non-hydrogen) atoms. The second-order valence-electron chi connectivity index (χ2n) is 4.89. The van der Waals surface area contributed by atoms with Crippen molar-refractivity contribution in [2.45, 2.75) is 32.8 Å². The van der Waals surface area contributed by atoms with Crippen LogP contribution in [0.4, 0.5) is 5.69 Å². The molecule has 0 spiro atoms. The molecule has 8 heteroatoms. The fourth-order valence-electron chi connectivity index (χ4n) is 1.91. The molecular formula is C15H16N2O6. The lowest BCUT2D eigenvalue weighted by molar-refractivity contribution is -0.172. The van der Waals surface area contributed by atoms with Gasteiger partial charge in [-0.15, -0.1) is 5.06 Å². The third-order valence-electron chi connectivity index (χ3n) is 3.24. The van der Waals surface area contributed by atoms with Crippen molar-refractivity contribution in [3.8, 4) is 0 Å². The summed E-state index contributed by atoms with van der Waals surface area (Å²) in [5.74, 6) is -2.38. The molecule has 0 saturated carbocycles. The van der Waals surface area contributed by atoms with Gasteiger partial charge in [0.05, 0.1) is 5.56 Å². The highest BCUT2D eigenvalue weighted by molar-refractivity contribution is 6.02. The van der Waals surface area contributed by atoms with Crippen molar-refractivity contribution in [2.24, 2.45) is 0 Å². The summed E-state index contributed by atoms with van der Waals surface area (Å²) in [7, 11) is 0. The number of hydrogen-bond donors (Lipinski definition) is 1. The first-order valence-electron chi connectivity index (χ1n) is 7.04. The van der Waals surface area contributed by atoms with Gasteiger partial charge in [-0.05, 0) is 18.2 Å². The predicted molar refractivity (Wildman–Crippen MR) is 77.4 cm³/mol. The minimum Gasteiger partial charge on any atom is -0.461 e. The number of imide groups is 1. The largest absolute Gasteiger partial charge is 0.461 e. The van der Waals surface area contributed by atoms with Gasteiger partial charge in [-0.25, -0.2) is 4.79 Å². The molecule has 1 aromatic rings. The van der Waals surface area contributed by atoms with E-state index in [0.29, 0.717) is 16.3 Å². The molecule has 1 fully saturated rings. The Bertz CT molecular complexity index is 654. The van der Waals surface area contributed by atoms with Crippen molar-refractivity contribution < 1.29 is 28.8 Å². The number of amides is 2. The summed E-state index contributed by atoms with van der Waals surface area (Å²) in [4.78, 5) is 50.9. The highest BCUT2D eigenvalue weighted by Gasteiger charge is 2.33. The topological polar surface area (TPSA) is 116 Å². The Morgan fingerprint density at radius 2 is 1.87 bits per heavy atom. The molecule has 1 aromatic carbocycles. The van der Waals surface area contributed by atoms with Gasteiger partial charge in [-0.3, -0.25) is 14.4 Å². The van der Waals surface area contributed by atoms with Gasteiger partial charge < -0.3 is 15.3 Å². The molecule has 2 rings (SSSR count). The number of nitrogens with zero attached hydrogens (tertiary/aromatic N) is 1. The maximum Gasteiger partial charge on any atom is 0.363 e. The highest BCUT2D eigenvalue weighted by atomic mass is 16.7. The third-order valence-corrected chi connectivity index (χ3v) is 3.24. The van der Waals surface area contributed by atoms with Gasteiger partial charge >= 0.3 is 11.9 Å². The van der Waals surface area contributed by atoms with Crippen LogP contribution >= 0.6 is 0 Å². The molecule has 8 nitrogen and oxygen atoms in total. The lowest BCUT2D eigenvalue weighted by atomic mass is 10.1. The number of nitrogens with two attached hydrogens (primary N) is 1. The van der Waals surface area contributed by atoms with Crippen LogP contribution in [0.25, 0.3) is 0 Å². The molecule has 0 aromatic heterocycles. The van der Waals surface area contributed by atoms with Gasteiger partial charge in [0.25, 0.3) is 11.8 Å². The molecular weight excluding hydrogens is 304 g/mol. The Morgan fingerprint density at radius 3 is 2.48 bits per heavy atom. The monoisotopic (exact) mass is 320 g/mol. The summed E-state index contributed by atoms with van der Waals surface area (Å²) in [5.41, 5.74) is 6.63. The molecule has 0 unspecified atom stereocenters. The Kier molecular flexibility index (Phi) is 4.95. The van der Waals surface area contributed by atoms with Crippen LogP contribution in [0.2, 0.25) is 0 Å². The predicted octanol–water partition coefficient (Wildman–Crippen LogP) is 0.943. The lowest BCUT2D eigenvalue weighted by Gasteiger charge is -2.13. The van der Waals surface area contributed by atoms with Crippen LogP contribution in [0.15, 0.2) is 18.2 Å². The molecule has 0 bridgehead atoms. The Balaban J connectivity index is 2.10. The fourth-order valence-corrected chi connectivity index (χ4v) is 1.91. The Labute approximate surface area is 132 Å². The quantitative estimate of drug-likeness (QED) is 0.487. The normalized spacial score (nSPS) is 14.0. The van der Waals surface area contributed by atoms with Crippen molar-refractivity contribution in [2.75, 3.05) is 5.73 Å². The maximum absolute atomic E-state index is 12.0. The number of nitrogen functional groups attached to an aromatic ring is 1. The fraction of sp³-hybridized carbons (Fsp3) is 0.333. The van der Waals surface area contributed by atoms with E-state index >= 15 is 0 Å². The zero-order chi connectivity index (χ0) is 17.0. The molecule has 2 N–H and O–H groups in total. The average molecular weight is 320 g/mol. The molecule has 122 valence electrons. The van der Waals surface area contributed by atoms with Crippen LogP contribution in [0, 0.1) is 0 Å². The second-order valence-corrected chi connectivity index (χ2v) is 4.89.